The summed E-state index contributed by atoms with van der Waals surface area (Å²) in [5.41, 5.74) is 2.29. The lowest BCUT2D eigenvalue weighted by molar-refractivity contribution is 0.272. The van der Waals surface area contributed by atoms with Gasteiger partial charge in [0.15, 0.2) is 0 Å². The number of nitrogens with one attached hydrogen (secondary N) is 1. The summed E-state index contributed by atoms with van der Waals surface area (Å²) < 4.78 is 11.0. The molecule has 5 nitrogen and oxygen atoms in total. The first kappa shape index (κ1) is 16.2. The molecule has 0 bridgehead atoms. The van der Waals surface area contributed by atoms with Crippen molar-refractivity contribution in [3.05, 3.63) is 70.3 Å². The molecule has 0 spiro atoms. The molecule has 0 aliphatic carbocycles. The smallest absolute Gasteiger partial charge is 0.336 e. The quantitative estimate of drug-likeness (QED) is 0.706. The second kappa shape index (κ2) is 7.27. The van der Waals surface area contributed by atoms with Crippen LogP contribution in [0.3, 0.4) is 0 Å². The van der Waals surface area contributed by atoms with Gasteiger partial charge < -0.3 is 14.5 Å². The Hall–Kier alpha value is -2.66. The molecule has 124 valence electrons. The number of ether oxygens (including phenoxy) is 1. The van der Waals surface area contributed by atoms with Crippen LogP contribution in [-0.4, -0.2) is 17.6 Å². The molecule has 1 atom stereocenters. The highest BCUT2D eigenvalue weighted by molar-refractivity contribution is 5.81. The van der Waals surface area contributed by atoms with E-state index in [2.05, 4.69) is 17.2 Å². The predicted octanol–water partition coefficient (Wildman–Crippen LogP) is 3.05. The van der Waals surface area contributed by atoms with Crippen LogP contribution in [0.4, 0.5) is 0 Å². The number of aryl methyl sites for hydroxylation is 1. The summed E-state index contributed by atoms with van der Waals surface area (Å²) in [5, 5.41) is 4.32. The summed E-state index contributed by atoms with van der Waals surface area (Å²) in [5.74, 6) is 0.689. The second-order valence-corrected chi connectivity index (χ2v) is 5.85. The van der Waals surface area contributed by atoms with Crippen LogP contribution in [0.2, 0.25) is 0 Å². The van der Waals surface area contributed by atoms with E-state index in [9.17, 15) is 4.79 Å². The topological polar surface area (TPSA) is 64.4 Å². The van der Waals surface area contributed by atoms with Gasteiger partial charge in [0.05, 0.1) is 0 Å². The third kappa shape index (κ3) is 4.00. The van der Waals surface area contributed by atoms with E-state index in [1.165, 1.54) is 11.6 Å². The molecule has 2 heterocycles. The van der Waals surface area contributed by atoms with E-state index >= 15 is 0 Å². The molecular weight excluding hydrogens is 304 g/mol. The third-order valence-corrected chi connectivity index (χ3v) is 3.83. The minimum atomic E-state index is -0.343. The van der Waals surface area contributed by atoms with Gasteiger partial charge in [0.25, 0.3) is 0 Å². The Labute approximate surface area is 140 Å². The summed E-state index contributed by atoms with van der Waals surface area (Å²) in [4.78, 5) is 15.5. The SMILES string of the molecule is Cc1cc(=O)oc2cc(OCC(C)NCc3ccncc3)ccc12. The Kier molecular flexibility index (Phi) is 4.91. The lowest BCUT2D eigenvalue weighted by atomic mass is 10.1. The van der Waals surface area contributed by atoms with Crippen LogP contribution in [0.5, 0.6) is 5.75 Å². The van der Waals surface area contributed by atoms with Gasteiger partial charge in [-0.25, -0.2) is 4.79 Å². The van der Waals surface area contributed by atoms with Gasteiger partial charge in [-0.05, 0) is 49.2 Å². The van der Waals surface area contributed by atoms with Gasteiger partial charge in [0, 0.05) is 42.5 Å². The van der Waals surface area contributed by atoms with Crippen LogP contribution < -0.4 is 15.7 Å². The molecule has 5 heteroatoms. The van der Waals surface area contributed by atoms with Gasteiger partial charge in [0.2, 0.25) is 0 Å². The molecule has 0 aliphatic rings. The lowest BCUT2D eigenvalue weighted by Gasteiger charge is -2.15. The molecule has 1 aromatic carbocycles. The summed E-state index contributed by atoms with van der Waals surface area (Å²) in [6, 6.07) is 11.2. The van der Waals surface area contributed by atoms with Crippen molar-refractivity contribution >= 4 is 11.0 Å². The molecule has 0 saturated carbocycles. The maximum Gasteiger partial charge on any atom is 0.336 e. The van der Waals surface area contributed by atoms with E-state index in [4.69, 9.17) is 9.15 Å². The molecule has 0 aliphatic heterocycles. The molecular formula is C19H20N2O3. The number of benzene rings is 1. The van der Waals surface area contributed by atoms with Crippen LogP contribution >= 0.6 is 0 Å². The van der Waals surface area contributed by atoms with Crippen LogP contribution in [0.25, 0.3) is 11.0 Å². The van der Waals surface area contributed by atoms with E-state index in [-0.39, 0.29) is 11.7 Å². The molecule has 1 N–H and O–H groups in total. The van der Waals surface area contributed by atoms with Gasteiger partial charge in [-0.2, -0.15) is 0 Å². The Morgan fingerprint density at radius 1 is 1.21 bits per heavy atom. The average molecular weight is 324 g/mol. The highest BCUT2D eigenvalue weighted by Crippen LogP contribution is 2.22. The molecule has 0 amide bonds. The number of rotatable bonds is 6. The van der Waals surface area contributed by atoms with Gasteiger partial charge in [-0.3, -0.25) is 4.98 Å². The minimum absolute atomic E-state index is 0.179. The van der Waals surface area contributed by atoms with Crippen molar-refractivity contribution in [2.24, 2.45) is 0 Å². The number of aromatic nitrogens is 1. The third-order valence-electron chi connectivity index (χ3n) is 3.83. The lowest BCUT2D eigenvalue weighted by Crippen LogP contribution is -2.31. The van der Waals surface area contributed by atoms with E-state index in [0.29, 0.717) is 17.9 Å². The zero-order chi connectivity index (χ0) is 16.9. The van der Waals surface area contributed by atoms with Crippen molar-refractivity contribution in [1.82, 2.24) is 10.3 Å². The minimum Gasteiger partial charge on any atom is -0.492 e. The normalized spacial score (nSPS) is 12.2. The molecule has 1 unspecified atom stereocenters. The largest absolute Gasteiger partial charge is 0.492 e. The maximum absolute atomic E-state index is 11.5. The Balaban J connectivity index is 1.60. The summed E-state index contributed by atoms with van der Waals surface area (Å²) in [7, 11) is 0. The van der Waals surface area contributed by atoms with Crippen molar-refractivity contribution < 1.29 is 9.15 Å². The van der Waals surface area contributed by atoms with Gasteiger partial charge in [-0.15, -0.1) is 0 Å². The molecule has 0 saturated heterocycles. The Morgan fingerprint density at radius 2 is 2.00 bits per heavy atom. The highest BCUT2D eigenvalue weighted by atomic mass is 16.5. The maximum atomic E-state index is 11.5. The van der Waals surface area contributed by atoms with Gasteiger partial charge in [-0.1, -0.05) is 0 Å². The van der Waals surface area contributed by atoms with E-state index in [1.54, 1.807) is 18.5 Å². The standard InChI is InChI=1S/C19H20N2O3/c1-13-9-19(22)24-18-10-16(3-4-17(13)18)23-12-14(2)21-11-15-5-7-20-8-6-15/h3-10,14,21H,11-12H2,1-2H3. The van der Waals surface area contributed by atoms with E-state index in [0.717, 1.165) is 17.5 Å². The van der Waals surface area contributed by atoms with Crippen LogP contribution in [0.1, 0.15) is 18.1 Å². The zero-order valence-corrected chi connectivity index (χ0v) is 13.8. The number of nitrogens with zero attached hydrogens (tertiary/aromatic N) is 1. The molecule has 3 aromatic rings. The zero-order valence-electron chi connectivity index (χ0n) is 13.8. The first-order chi connectivity index (χ1) is 11.6. The highest BCUT2D eigenvalue weighted by Gasteiger charge is 2.06. The molecule has 24 heavy (non-hydrogen) atoms. The summed E-state index contributed by atoms with van der Waals surface area (Å²) in [6.45, 7) is 5.24. The van der Waals surface area contributed by atoms with Crippen molar-refractivity contribution in [3.63, 3.8) is 0 Å². The number of hydrogen-bond acceptors (Lipinski definition) is 5. The van der Waals surface area contributed by atoms with Crippen molar-refractivity contribution in [2.75, 3.05) is 6.61 Å². The molecule has 0 fully saturated rings. The van der Waals surface area contributed by atoms with Crippen LogP contribution in [0, 0.1) is 6.92 Å². The fraction of sp³-hybridized carbons (Fsp3) is 0.263. The summed E-state index contributed by atoms with van der Waals surface area (Å²) >= 11 is 0. The number of pyridine rings is 1. The van der Waals surface area contributed by atoms with Gasteiger partial charge in [0.1, 0.15) is 17.9 Å². The summed E-state index contributed by atoms with van der Waals surface area (Å²) in [6.07, 6.45) is 3.56. The van der Waals surface area contributed by atoms with Crippen LogP contribution in [-0.2, 0) is 6.54 Å². The monoisotopic (exact) mass is 324 g/mol. The van der Waals surface area contributed by atoms with Crippen molar-refractivity contribution in [2.45, 2.75) is 26.4 Å². The molecule has 2 aromatic heterocycles. The Bertz CT molecular complexity index is 875. The van der Waals surface area contributed by atoms with E-state index in [1.807, 2.05) is 31.2 Å². The number of hydrogen-bond donors (Lipinski definition) is 1. The predicted molar refractivity (Wildman–Crippen MR) is 93.3 cm³/mol. The molecule has 0 radical (unpaired) electrons. The van der Waals surface area contributed by atoms with E-state index < -0.39 is 0 Å². The van der Waals surface area contributed by atoms with Crippen molar-refractivity contribution in [3.8, 4) is 5.75 Å². The fourth-order valence-electron chi connectivity index (χ4n) is 2.47. The van der Waals surface area contributed by atoms with Crippen LogP contribution in [0.15, 0.2) is 58.0 Å². The average Bonchev–Trinajstić information content (AvgIpc) is 2.58. The Morgan fingerprint density at radius 3 is 2.79 bits per heavy atom. The molecule has 3 rings (SSSR count). The van der Waals surface area contributed by atoms with Gasteiger partial charge >= 0.3 is 5.63 Å². The first-order valence-electron chi connectivity index (χ1n) is 7.91. The first-order valence-corrected chi connectivity index (χ1v) is 7.91. The van der Waals surface area contributed by atoms with Crippen molar-refractivity contribution in [1.29, 1.82) is 0 Å². The fourth-order valence-corrected chi connectivity index (χ4v) is 2.47. The number of fused-ring (bicyclic) bond motifs is 1. The second-order valence-electron chi connectivity index (χ2n) is 5.85.